The summed E-state index contributed by atoms with van der Waals surface area (Å²) < 4.78 is 0. The first-order valence-electron chi connectivity index (χ1n) is 5.40. The Kier molecular flexibility index (Phi) is 4.09. The Hall–Kier alpha value is -1.42. The highest BCUT2D eigenvalue weighted by atomic mass is 35.5. The van der Waals surface area contributed by atoms with Crippen molar-refractivity contribution in [1.29, 1.82) is 0 Å². The molecule has 1 aromatic carbocycles. The number of rotatable bonds is 4. The molecule has 1 atom stereocenters. The Balaban J connectivity index is 2.19. The van der Waals surface area contributed by atoms with Gasteiger partial charge in [0.05, 0.1) is 6.04 Å². The van der Waals surface area contributed by atoms with E-state index in [1.54, 1.807) is 12.4 Å². The normalized spacial score (nSPS) is 12.4. The van der Waals surface area contributed by atoms with Crippen molar-refractivity contribution in [2.45, 2.75) is 12.5 Å². The van der Waals surface area contributed by atoms with Gasteiger partial charge in [-0.2, -0.15) is 0 Å². The van der Waals surface area contributed by atoms with E-state index in [-0.39, 0.29) is 6.04 Å². The van der Waals surface area contributed by atoms with Gasteiger partial charge in [0.1, 0.15) is 0 Å². The molecule has 0 fully saturated rings. The van der Waals surface area contributed by atoms with Gasteiger partial charge in [-0.1, -0.05) is 35.9 Å². The predicted molar refractivity (Wildman–Crippen MR) is 69.5 cm³/mol. The number of nitrogens with one attached hydrogen (secondary N) is 1. The third-order valence-corrected chi connectivity index (χ3v) is 3.04. The second kappa shape index (κ2) is 5.77. The van der Waals surface area contributed by atoms with E-state index in [1.165, 1.54) is 0 Å². The fraction of sp³-hybridized carbons (Fsp3) is 0.154. The number of benzene rings is 1. The van der Waals surface area contributed by atoms with Crippen molar-refractivity contribution in [2.75, 3.05) is 0 Å². The van der Waals surface area contributed by atoms with Gasteiger partial charge in [0.15, 0.2) is 0 Å². The van der Waals surface area contributed by atoms with E-state index in [0.29, 0.717) is 0 Å². The van der Waals surface area contributed by atoms with Crippen LogP contribution in [0.5, 0.6) is 0 Å². The van der Waals surface area contributed by atoms with Gasteiger partial charge < -0.3 is 0 Å². The van der Waals surface area contributed by atoms with Crippen LogP contribution >= 0.6 is 11.6 Å². The number of pyridine rings is 1. The lowest BCUT2D eigenvalue weighted by atomic mass is 10.0. The largest absolute Gasteiger partial charge is 0.271 e. The number of hydrogen-bond donors (Lipinski definition) is 2. The van der Waals surface area contributed by atoms with Crippen molar-refractivity contribution >= 4 is 11.6 Å². The van der Waals surface area contributed by atoms with Crippen LogP contribution < -0.4 is 11.3 Å². The van der Waals surface area contributed by atoms with Gasteiger partial charge in [-0.05, 0) is 29.7 Å². The molecule has 3 N–H and O–H groups in total. The summed E-state index contributed by atoms with van der Waals surface area (Å²) in [6, 6.07) is 11.7. The van der Waals surface area contributed by atoms with E-state index in [4.69, 9.17) is 17.4 Å². The molecule has 88 valence electrons. The molecule has 0 aliphatic carbocycles. The molecule has 0 saturated carbocycles. The van der Waals surface area contributed by atoms with E-state index in [2.05, 4.69) is 10.4 Å². The molecular weight excluding hydrogens is 234 g/mol. The van der Waals surface area contributed by atoms with Crippen molar-refractivity contribution in [1.82, 2.24) is 10.4 Å². The van der Waals surface area contributed by atoms with Crippen molar-refractivity contribution in [2.24, 2.45) is 5.84 Å². The van der Waals surface area contributed by atoms with Gasteiger partial charge in [-0.15, -0.1) is 0 Å². The fourth-order valence-corrected chi connectivity index (χ4v) is 1.95. The molecule has 0 saturated heterocycles. The van der Waals surface area contributed by atoms with Gasteiger partial charge in [0.2, 0.25) is 0 Å². The van der Waals surface area contributed by atoms with Crippen LogP contribution in [0.1, 0.15) is 17.2 Å². The molecule has 17 heavy (non-hydrogen) atoms. The van der Waals surface area contributed by atoms with Crippen LogP contribution in [0.4, 0.5) is 0 Å². The minimum atomic E-state index is 0.0172. The van der Waals surface area contributed by atoms with Crippen molar-refractivity contribution in [3.8, 4) is 0 Å². The van der Waals surface area contributed by atoms with Gasteiger partial charge in [-0.25, -0.2) is 0 Å². The maximum absolute atomic E-state index is 6.13. The Bertz CT molecular complexity index is 473. The van der Waals surface area contributed by atoms with Crippen LogP contribution in [0, 0.1) is 0 Å². The summed E-state index contributed by atoms with van der Waals surface area (Å²) in [6.07, 6.45) is 4.29. The Morgan fingerprint density at radius 3 is 2.71 bits per heavy atom. The van der Waals surface area contributed by atoms with Crippen molar-refractivity contribution in [3.63, 3.8) is 0 Å². The van der Waals surface area contributed by atoms with Crippen LogP contribution in [0.15, 0.2) is 48.8 Å². The Labute approximate surface area is 106 Å². The summed E-state index contributed by atoms with van der Waals surface area (Å²) in [5, 5.41) is 0.761. The van der Waals surface area contributed by atoms with E-state index in [9.17, 15) is 0 Å². The van der Waals surface area contributed by atoms with Crippen LogP contribution in [0.25, 0.3) is 0 Å². The second-order valence-corrected chi connectivity index (χ2v) is 4.21. The van der Waals surface area contributed by atoms with Gasteiger partial charge in [-0.3, -0.25) is 16.3 Å². The van der Waals surface area contributed by atoms with E-state index < -0.39 is 0 Å². The molecule has 1 heterocycles. The monoisotopic (exact) mass is 247 g/mol. The standard InChI is InChI=1S/C13H14ClN3/c14-12-6-2-1-4-10(12)8-13(17-15)11-5-3-7-16-9-11/h1-7,9,13,17H,8,15H2. The first-order valence-corrected chi connectivity index (χ1v) is 5.78. The third-order valence-electron chi connectivity index (χ3n) is 2.67. The molecule has 0 bridgehead atoms. The zero-order valence-corrected chi connectivity index (χ0v) is 10.1. The number of hydrazine groups is 1. The highest BCUT2D eigenvalue weighted by molar-refractivity contribution is 6.31. The summed E-state index contributed by atoms with van der Waals surface area (Å²) in [5.74, 6) is 5.58. The smallest absolute Gasteiger partial charge is 0.0516 e. The molecule has 3 nitrogen and oxygen atoms in total. The molecule has 0 radical (unpaired) electrons. The summed E-state index contributed by atoms with van der Waals surface area (Å²) in [7, 11) is 0. The van der Waals surface area contributed by atoms with Crippen LogP contribution in [0.2, 0.25) is 5.02 Å². The number of halogens is 1. The zero-order valence-electron chi connectivity index (χ0n) is 9.31. The maximum atomic E-state index is 6.13. The number of aromatic nitrogens is 1. The predicted octanol–water partition coefficient (Wildman–Crippen LogP) is 2.48. The van der Waals surface area contributed by atoms with Crippen molar-refractivity contribution < 1.29 is 0 Å². The SMILES string of the molecule is NNC(Cc1ccccc1Cl)c1cccnc1. The molecule has 4 heteroatoms. The highest BCUT2D eigenvalue weighted by Crippen LogP contribution is 2.22. The highest BCUT2D eigenvalue weighted by Gasteiger charge is 2.12. The molecule has 0 amide bonds. The Morgan fingerprint density at radius 2 is 2.06 bits per heavy atom. The van der Waals surface area contributed by atoms with Crippen molar-refractivity contribution in [3.05, 3.63) is 64.9 Å². The van der Waals surface area contributed by atoms with E-state index in [0.717, 1.165) is 22.6 Å². The summed E-state index contributed by atoms with van der Waals surface area (Å²) in [6.45, 7) is 0. The number of hydrogen-bond acceptors (Lipinski definition) is 3. The van der Waals surface area contributed by atoms with Crippen LogP contribution in [-0.4, -0.2) is 4.98 Å². The molecule has 0 aliphatic rings. The molecule has 0 aliphatic heterocycles. The third kappa shape index (κ3) is 3.03. The van der Waals surface area contributed by atoms with Gasteiger partial charge >= 0.3 is 0 Å². The molecule has 1 unspecified atom stereocenters. The van der Waals surface area contributed by atoms with E-state index in [1.807, 2.05) is 36.4 Å². The van der Waals surface area contributed by atoms with Gasteiger partial charge in [0.25, 0.3) is 0 Å². The minimum absolute atomic E-state index is 0.0172. The average Bonchev–Trinajstić information content (AvgIpc) is 2.39. The molecule has 1 aromatic heterocycles. The summed E-state index contributed by atoms with van der Waals surface area (Å²) in [5.41, 5.74) is 4.92. The number of nitrogens with zero attached hydrogens (tertiary/aromatic N) is 1. The lowest BCUT2D eigenvalue weighted by Gasteiger charge is -2.16. The lowest BCUT2D eigenvalue weighted by Crippen LogP contribution is -2.29. The lowest BCUT2D eigenvalue weighted by molar-refractivity contribution is 0.550. The van der Waals surface area contributed by atoms with E-state index >= 15 is 0 Å². The first kappa shape index (κ1) is 12.0. The first-order chi connectivity index (χ1) is 8.31. The summed E-state index contributed by atoms with van der Waals surface area (Å²) >= 11 is 6.13. The zero-order chi connectivity index (χ0) is 12.1. The fourth-order valence-electron chi connectivity index (χ4n) is 1.74. The quantitative estimate of drug-likeness (QED) is 0.645. The maximum Gasteiger partial charge on any atom is 0.0516 e. The van der Waals surface area contributed by atoms with Crippen LogP contribution in [-0.2, 0) is 6.42 Å². The number of nitrogens with two attached hydrogens (primary N) is 1. The molecule has 0 spiro atoms. The van der Waals surface area contributed by atoms with Crippen LogP contribution in [0.3, 0.4) is 0 Å². The summed E-state index contributed by atoms with van der Waals surface area (Å²) in [4.78, 5) is 4.09. The molecular formula is C13H14ClN3. The molecule has 2 rings (SSSR count). The average molecular weight is 248 g/mol. The Morgan fingerprint density at radius 1 is 1.24 bits per heavy atom. The second-order valence-electron chi connectivity index (χ2n) is 3.80. The topological polar surface area (TPSA) is 50.9 Å². The van der Waals surface area contributed by atoms with Gasteiger partial charge in [0, 0.05) is 17.4 Å². The molecule has 2 aromatic rings. The minimum Gasteiger partial charge on any atom is -0.271 e.